The molecule has 41 heavy (non-hydrogen) atoms. The van der Waals surface area contributed by atoms with E-state index in [1.54, 1.807) is 13.1 Å². The molecule has 0 saturated heterocycles. The van der Waals surface area contributed by atoms with Crippen LogP contribution in [-0.2, 0) is 9.53 Å². The lowest BCUT2D eigenvalue weighted by atomic mass is 9.84. The molecule has 2 amide bonds. The van der Waals surface area contributed by atoms with Crippen LogP contribution in [0, 0.1) is 11.7 Å². The van der Waals surface area contributed by atoms with Crippen molar-refractivity contribution in [3.8, 4) is 16.9 Å². The molecule has 7 nitrogen and oxygen atoms in total. The van der Waals surface area contributed by atoms with Gasteiger partial charge in [-0.05, 0) is 61.1 Å². The summed E-state index contributed by atoms with van der Waals surface area (Å²) in [4.78, 5) is 24.4. The highest BCUT2D eigenvalue weighted by molar-refractivity contribution is 6.33. The van der Waals surface area contributed by atoms with E-state index in [1.165, 1.54) is 19.2 Å². The third-order valence-corrected chi connectivity index (χ3v) is 8.07. The maximum absolute atomic E-state index is 15.9. The molecule has 4 N–H and O–H groups in total. The van der Waals surface area contributed by atoms with Crippen LogP contribution in [0.1, 0.15) is 53.1 Å². The number of amides is 2. The molecule has 3 aromatic carbocycles. The van der Waals surface area contributed by atoms with Gasteiger partial charge in [-0.3, -0.25) is 9.59 Å². The predicted octanol–water partition coefficient (Wildman–Crippen LogP) is 5.30. The summed E-state index contributed by atoms with van der Waals surface area (Å²) in [5, 5.41) is 6.75. The minimum atomic E-state index is -0.766. The highest BCUT2D eigenvalue weighted by Crippen LogP contribution is 2.39. The molecule has 9 heteroatoms. The molecule has 0 aliphatic heterocycles. The molecule has 1 unspecified atom stereocenters. The van der Waals surface area contributed by atoms with Crippen molar-refractivity contribution >= 4 is 23.4 Å². The van der Waals surface area contributed by atoms with Crippen LogP contribution in [-0.4, -0.2) is 51.8 Å². The zero-order valence-electron chi connectivity index (χ0n) is 23.4. The fourth-order valence-electron chi connectivity index (χ4n) is 5.49. The lowest BCUT2D eigenvalue weighted by Crippen LogP contribution is -2.39. The summed E-state index contributed by atoms with van der Waals surface area (Å²) >= 11 is 6.63. The first-order valence-corrected chi connectivity index (χ1v) is 14.3. The van der Waals surface area contributed by atoms with E-state index in [0.29, 0.717) is 12.1 Å². The number of carbonyl (C=O) groups excluding carboxylic acids is 2. The standard InChI is InChI=1S/C32H37ClFN3O4/c1-36-32(39)21-8-11-23(12-9-21)37-19-26(20-6-4-3-5-7-20)22-10-14-27(33)25(18-22)29-24(31(35)38)13-15-28(30(29)34)41-17-16-40-2/h3-7,10,13-15,18,21,23,26,37H,8-9,11-12,16-17,19H2,1-2H3,(H2,35,38)(H,36,39). The Kier molecular flexibility index (Phi) is 10.7. The molecule has 0 heterocycles. The van der Waals surface area contributed by atoms with Crippen LogP contribution in [0.2, 0.25) is 5.02 Å². The minimum absolute atomic E-state index is 0.00607. The Labute approximate surface area is 245 Å². The minimum Gasteiger partial charge on any atom is -0.488 e. The molecule has 0 radical (unpaired) electrons. The lowest BCUT2D eigenvalue weighted by Gasteiger charge is -2.30. The Hall–Kier alpha value is -3.46. The third kappa shape index (κ3) is 7.44. The molecule has 0 aromatic heterocycles. The van der Waals surface area contributed by atoms with Crippen LogP contribution in [0.4, 0.5) is 4.39 Å². The summed E-state index contributed by atoms with van der Waals surface area (Å²) in [6.45, 7) is 1.05. The lowest BCUT2D eigenvalue weighted by molar-refractivity contribution is -0.125. The van der Waals surface area contributed by atoms with Crippen LogP contribution in [0.3, 0.4) is 0 Å². The van der Waals surface area contributed by atoms with Crippen molar-refractivity contribution in [2.45, 2.75) is 37.6 Å². The Morgan fingerprint density at radius 3 is 2.41 bits per heavy atom. The molecule has 4 rings (SSSR count). The smallest absolute Gasteiger partial charge is 0.249 e. The van der Waals surface area contributed by atoms with Gasteiger partial charge in [0.25, 0.3) is 0 Å². The van der Waals surface area contributed by atoms with E-state index in [9.17, 15) is 9.59 Å². The molecule has 1 fully saturated rings. The number of hydrogen-bond acceptors (Lipinski definition) is 5. The zero-order chi connectivity index (χ0) is 29.4. The fourth-order valence-corrected chi connectivity index (χ4v) is 5.70. The molecule has 0 spiro atoms. The Morgan fingerprint density at radius 1 is 1.02 bits per heavy atom. The largest absolute Gasteiger partial charge is 0.488 e. The van der Waals surface area contributed by atoms with Gasteiger partial charge >= 0.3 is 0 Å². The Morgan fingerprint density at radius 2 is 1.76 bits per heavy atom. The van der Waals surface area contributed by atoms with Crippen molar-refractivity contribution in [3.05, 3.63) is 88.2 Å². The number of halogens is 2. The van der Waals surface area contributed by atoms with Gasteiger partial charge in [0, 0.05) is 54.7 Å². The summed E-state index contributed by atoms with van der Waals surface area (Å²) < 4.78 is 26.4. The number of primary amides is 1. The van der Waals surface area contributed by atoms with Crippen LogP contribution >= 0.6 is 11.6 Å². The number of rotatable bonds is 12. The average Bonchev–Trinajstić information content (AvgIpc) is 2.99. The van der Waals surface area contributed by atoms with Crippen molar-refractivity contribution in [2.24, 2.45) is 11.7 Å². The van der Waals surface area contributed by atoms with Gasteiger partial charge in [0.1, 0.15) is 6.61 Å². The number of hydrogen-bond donors (Lipinski definition) is 3. The Bertz CT molecular complexity index is 1350. The second kappa shape index (κ2) is 14.4. The highest BCUT2D eigenvalue weighted by Gasteiger charge is 2.27. The van der Waals surface area contributed by atoms with Gasteiger partial charge in [0.05, 0.1) is 12.2 Å². The van der Waals surface area contributed by atoms with Crippen molar-refractivity contribution in [3.63, 3.8) is 0 Å². The summed E-state index contributed by atoms with van der Waals surface area (Å²) in [6, 6.07) is 18.7. The number of carbonyl (C=O) groups is 2. The third-order valence-electron chi connectivity index (χ3n) is 7.74. The van der Waals surface area contributed by atoms with Gasteiger partial charge in [-0.2, -0.15) is 0 Å². The number of nitrogens with two attached hydrogens (primary N) is 1. The summed E-state index contributed by atoms with van der Waals surface area (Å²) in [6.07, 6.45) is 3.51. The predicted molar refractivity (Wildman–Crippen MR) is 159 cm³/mol. The van der Waals surface area contributed by atoms with Gasteiger partial charge in [0.2, 0.25) is 11.8 Å². The summed E-state index contributed by atoms with van der Waals surface area (Å²) in [7, 11) is 3.21. The molecule has 1 aliphatic rings. The maximum atomic E-state index is 15.9. The number of benzene rings is 3. The second-order valence-electron chi connectivity index (χ2n) is 10.3. The first kappa shape index (κ1) is 30.5. The molecule has 0 bridgehead atoms. The SMILES string of the molecule is CNC(=O)C1CCC(NCC(c2ccccc2)c2ccc(Cl)c(-c3c(C(N)=O)ccc(OCCOC)c3F)c2)CC1. The van der Waals surface area contributed by atoms with Gasteiger partial charge in [-0.1, -0.05) is 48.0 Å². The molecule has 1 atom stereocenters. The van der Waals surface area contributed by atoms with Gasteiger partial charge in [-0.25, -0.2) is 4.39 Å². The molecular weight excluding hydrogens is 545 g/mol. The topological polar surface area (TPSA) is 103 Å². The van der Waals surface area contributed by atoms with E-state index in [-0.39, 0.29) is 58.9 Å². The van der Waals surface area contributed by atoms with E-state index in [4.69, 9.17) is 26.8 Å². The zero-order valence-corrected chi connectivity index (χ0v) is 24.2. The van der Waals surface area contributed by atoms with Crippen molar-refractivity contribution in [1.82, 2.24) is 10.6 Å². The fraction of sp³-hybridized carbons (Fsp3) is 0.375. The van der Waals surface area contributed by atoms with E-state index < -0.39 is 11.7 Å². The number of methoxy groups -OCH3 is 1. The number of nitrogens with one attached hydrogen (secondary N) is 2. The van der Waals surface area contributed by atoms with Crippen LogP contribution < -0.4 is 21.1 Å². The Balaban J connectivity index is 1.66. The normalized spacial score (nSPS) is 17.6. The first-order chi connectivity index (χ1) is 19.8. The molecule has 3 aromatic rings. The quantitative estimate of drug-likeness (QED) is 0.252. The van der Waals surface area contributed by atoms with Crippen LogP contribution in [0.5, 0.6) is 5.75 Å². The van der Waals surface area contributed by atoms with E-state index in [1.807, 2.05) is 30.3 Å². The maximum Gasteiger partial charge on any atom is 0.249 e. The average molecular weight is 582 g/mol. The van der Waals surface area contributed by atoms with E-state index in [0.717, 1.165) is 36.8 Å². The molecule has 1 saturated carbocycles. The summed E-state index contributed by atoms with van der Waals surface area (Å²) in [5.41, 5.74) is 8.03. The van der Waals surface area contributed by atoms with Gasteiger partial charge in [0.15, 0.2) is 11.6 Å². The second-order valence-corrected chi connectivity index (χ2v) is 10.7. The van der Waals surface area contributed by atoms with Crippen molar-refractivity contribution in [1.29, 1.82) is 0 Å². The van der Waals surface area contributed by atoms with Crippen molar-refractivity contribution in [2.75, 3.05) is 33.9 Å². The molecular formula is C32H37ClFN3O4. The van der Waals surface area contributed by atoms with E-state index >= 15 is 4.39 Å². The van der Waals surface area contributed by atoms with Crippen LogP contribution in [0.25, 0.3) is 11.1 Å². The monoisotopic (exact) mass is 581 g/mol. The van der Waals surface area contributed by atoms with Crippen LogP contribution in [0.15, 0.2) is 60.7 Å². The van der Waals surface area contributed by atoms with Crippen molar-refractivity contribution < 1.29 is 23.5 Å². The first-order valence-electron chi connectivity index (χ1n) is 13.9. The molecule has 218 valence electrons. The number of ether oxygens (including phenoxy) is 2. The summed E-state index contributed by atoms with van der Waals surface area (Å²) in [5.74, 6) is -1.40. The van der Waals surface area contributed by atoms with Gasteiger partial charge in [-0.15, -0.1) is 0 Å². The van der Waals surface area contributed by atoms with E-state index in [2.05, 4.69) is 22.8 Å². The van der Waals surface area contributed by atoms with Gasteiger partial charge < -0.3 is 25.8 Å². The highest BCUT2D eigenvalue weighted by atomic mass is 35.5. The molecule has 1 aliphatic carbocycles.